The third-order valence-electron chi connectivity index (χ3n) is 7.19. The van der Waals surface area contributed by atoms with Gasteiger partial charge < -0.3 is 4.90 Å². The molecular formula is C36H25N. The largest absolute Gasteiger partial charge is 0.310 e. The summed E-state index contributed by atoms with van der Waals surface area (Å²) >= 11 is 0. The van der Waals surface area contributed by atoms with E-state index in [0.29, 0.717) is 0 Å². The number of hydrogen-bond acceptors (Lipinski definition) is 1. The van der Waals surface area contributed by atoms with Crippen LogP contribution in [0.3, 0.4) is 0 Å². The van der Waals surface area contributed by atoms with E-state index in [1.54, 1.807) is 0 Å². The molecule has 0 spiro atoms. The third kappa shape index (κ3) is 3.82. The van der Waals surface area contributed by atoms with Crippen LogP contribution in [0.25, 0.3) is 43.4 Å². The Bertz CT molecular complexity index is 1830. The molecule has 0 atom stereocenters. The van der Waals surface area contributed by atoms with Crippen LogP contribution in [0.1, 0.15) is 0 Å². The lowest BCUT2D eigenvalue weighted by Crippen LogP contribution is -2.09. The van der Waals surface area contributed by atoms with E-state index in [0.717, 1.165) is 17.1 Å². The molecule has 0 aromatic heterocycles. The summed E-state index contributed by atoms with van der Waals surface area (Å²) in [7, 11) is 0. The fourth-order valence-electron chi connectivity index (χ4n) is 5.43. The first-order chi connectivity index (χ1) is 18.3. The number of benzene rings is 7. The molecule has 0 radical (unpaired) electrons. The molecule has 0 fully saturated rings. The van der Waals surface area contributed by atoms with Gasteiger partial charge in [0.25, 0.3) is 0 Å². The lowest BCUT2D eigenvalue weighted by Gasteiger charge is -2.25. The molecule has 1 nitrogen and oxygen atoms in total. The fourth-order valence-corrected chi connectivity index (χ4v) is 5.43. The average molecular weight is 472 g/mol. The normalized spacial score (nSPS) is 11.2. The molecule has 0 unspecified atom stereocenters. The Labute approximate surface area is 216 Å². The molecule has 0 amide bonds. The maximum Gasteiger partial charge on any atom is 0.0468 e. The van der Waals surface area contributed by atoms with E-state index in [4.69, 9.17) is 0 Å². The van der Waals surface area contributed by atoms with E-state index in [1.165, 1.54) is 43.4 Å². The average Bonchev–Trinajstić information content (AvgIpc) is 2.98. The van der Waals surface area contributed by atoms with Gasteiger partial charge in [0, 0.05) is 17.1 Å². The van der Waals surface area contributed by atoms with E-state index in [-0.39, 0.29) is 0 Å². The summed E-state index contributed by atoms with van der Waals surface area (Å²) in [5.41, 5.74) is 5.95. The monoisotopic (exact) mass is 471 g/mol. The van der Waals surface area contributed by atoms with Crippen molar-refractivity contribution in [2.45, 2.75) is 0 Å². The summed E-state index contributed by atoms with van der Waals surface area (Å²) < 4.78 is 0. The molecule has 0 saturated carbocycles. The summed E-state index contributed by atoms with van der Waals surface area (Å²) in [6.45, 7) is 0. The van der Waals surface area contributed by atoms with E-state index in [1.807, 2.05) is 0 Å². The predicted molar refractivity (Wildman–Crippen MR) is 159 cm³/mol. The second kappa shape index (κ2) is 8.96. The molecule has 0 bridgehead atoms. The number of hydrogen-bond donors (Lipinski definition) is 0. The summed E-state index contributed by atoms with van der Waals surface area (Å²) in [4.78, 5) is 2.31. The molecule has 7 rings (SSSR count). The summed E-state index contributed by atoms with van der Waals surface area (Å²) in [6, 6.07) is 54.5. The van der Waals surface area contributed by atoms with Crippen LogP contribution in [0.2, 0.25) is 0 Å². The molecule has 0 aliphatic heterocycles. The Morgan fingerprint density at radius 3 is 1.62 bits per heavy atom. The molecule has 0 heterocycles. The van der Waals surface area contributed by atoms with Crippen LogP contribution < -0.4 is 4.90 Å². The quantitative estimate of drug-likeness (QED) is 0.231. The van der Waals surface area contributed by atoms with Crippen molar-refractivity contribution in [3.63, 3.8) is 0 Å². The van der Waals surface area contributed by atoms with Gasteiger partial charge >= 0.3 is 0 Å². The highest BCUT2D eigenvalue weighted by atomic mass is 15.1. The highest BCUT2D eigenvalue weighted by molar-refractivity contribution is 6.14. The van der Waals surface area contributed by atoms with Gasteiger partial charge in [0.2, 0.25) is 0 Å². The van der Waals surface area contributed by atoms with E-state index in [2.05, 4.69) is 157 Å². The molecule has 0 aliphatic carbocycles. The van der Waals surface area contributed by atoms with Crippen molar-refractivity contribution in [3.8, 4) is 11.1 Å². The van der Waals surface area contributed by atoms with Crippen LogP contribution in [-0.4, -0.2) is 0 Å². The number of fused-ring (bicyclic) bond motifs is 4. The minimum absolute atomic E-state index is 1.15. The van der Waals surface area contributed by atoms with E-state index < -0.39 is 0 Å². The molecule has 7 aromatic rings. The lowest BCUT2D eigenvalue weighted by atomic mass is 9.92. The van der Waals surface area contributed by atoms with Gasteiger partial charge in [0.15, 0.2) is 0 Å². The van der Waals surface area contributed by atoms with Gasteiger partial charge in [0.05, 0.1) is 0 Å². The van der Waals surface area contributed by atoms with Crippen molar-refractivity contribution in [2.75, 3.05) is 4.90 Å². The van der Waals surface area contributed by atoms with Crippen molar-refractivity contribution in [1.29, 1.82) is 0 Å². The first-order valence-corrected chi connectivity index (χ1v) is 12.7. The van der Waals surface area contributed by atoms with Crippen molar-refractivity contribution >= 4 is 49.4 Å². The number of nitrogens with zero attached hydrogens (tertiary/aromatic N) is 1. The highest BCUT2D eigenvalue weighted by Gasteiger charge is 2.13. The molecule has 0 aliphatic rings. The summed E-state index contributed by atoms with van der Waals surface area (Å²) in [5, 5.41) is 7.62. The first-order valence-electron chi connectivity index (χ1n) is 12.7. The van der Waals surface area contributed by atoms with Gasteiger partial charge in [-0.1, -0.05) is 103 Å². The third-order valence-corrected chi connectivity index (χ3v) is 7.19. The first kappa shape index (κ1) is 21.4. The lowest BCUT2D eigenvalue weighted by molar-refractivity contribution is 1.29. The number of para-hydroxylation sites is 2. The van der Waals surface area contributed by atoms with Crippen molar-refractivity contribution in [3.05, 3.63) is 152 Å². The Kier molecular flexibility index (Phi) is 5.19. The van der Waals surface area contributed by atoms with Gasteiger partial charge in [-0.2, -0.15) is 0 Å². The topological polar surface area (TPSA) is 3.24 Å². The van der Waals surface area contributed by atoms with E-state index in [9.17, 15) is 0 Å². The zero-order chi connectivity index (χ0) is 24.6. The van der Waals surface area contributed by atoms with Crippen LogP contribution in [0, 0.1) is 0 Å². The van der Waals surface area contributed by atoms with Crippen LogP contribution in [0.5, 0.6) is 0 Å². The Hall–Kier alpha value is -4.88. The maximum atomic E-state index is 2.33. The Morgan fingerprint density at radius 2 is 0.892 bits per heavy atom. The van der Waals surface area contributed by atoms with Crippen molar-refractivity contribution < 1.29 is 0 Å². The van der Waals surface area contributed by atoms with Gasteiger partial charge in [-0.15, -0.1) is 0 Å². The minimum atomic E-state index is 1.15. The SMILES string of the molecule is c1ccc(N(c2ccccc2)c2ccc3cc(-c4cc5ccccc5c5ccccc45)ccc3c2)cc1. The minimum Gasteiger partial charge on any atom is -0.310 e. The van der Waals surface area contributed by atoms with Gasteiger partial charge in [-0.25, -0.2) is 0 Å². The van der Waals surface area contributed by atoms with Gasteiger partial charge in [0.1, 0.15) is 0 Å². The van der Waals surface area contributed by atoms with Crippen LogP contribution >= 0.6 is 0 Å². The predicted octanol–water partition coefficient (Wildman–Crippen LogP) is 10.3. The Balaban J connectivity index is 1.37. The molecule has 7 aromatic carbocycles. The second-order valence-corrected chi connectivity index (χ2v) is 9.44. The summed E-state index contributed by atoms with van der Waals surface area (Å²) in [6.07, 6.45) is 0. The molecule has 0 saturated heterocycles. The fraction of sp³-hybridized carbons (Fsp3) is 0. The zero-order valence-electron chi connectivity index (χ0n) is 20.4. The standard InChI is InChI=1S/C36H25N/c1-3-12-30(13-4-1)37(31-14-5-2-6-15-31)32-22-21-26-23-29(20-19-27(26)24-32)36-25-28-11-7-8-16-33(28)34-17-9-10-18-35(34)36/h1-25H. The Morgan fingerprint density at radius 1 is 0.324 bits per heavy atom. The zero-order valence-corrected chi connectivity index (χ0v) is 20.4. The van der Waals surface area contributed by atoms with Gasteiger partial charge in [-0.3, -0.25) is 0 Å². The van der Waals surface area contributed by atoms with Crippen LogP contribution in [-0.2, 0) is 0 Å². The number of anilines is 3. The molecule has 1 heteroatoms. The van der Waals surface area contributed by atoms with Crippen molar-refractivity contribution in [1.82, 2.24) is 0 Å². The second-order valence-electron chi connectivity index (χ2n) is 9.44. The van der Waals surface area contributed by atoms with Gasteiger partial charge in [-0.05, 0) is 92.0 Å². The van der Waals surface area contributed by atoms with E-state index >= 15 is 0 Å². The molecule has 37 heavy (non-hydrogen) atoms. The van der Waals surface area contributed by atoms with Crippen LogP contribution in [0.15, 0.2) is 152 Å². The number of rotatable bonds is 4. The smallest absolute Gasteiger partial charge is 0.0468 e. The molecule has 174 valence electrons. The molecule has 0 N–H and O–H groups in total. The summed E-state index contributed by atoms with van der Waals surface area (Å²) in [5.74, 6) is 0. The molecular weight excluding hydrogens is 446 g/mol. The van der Waals surface area contributed by atoms with Crippen molar-refractivity contribution in [2.24, 2.45) is 0 Å². The maximum absolute atomic E-state index is 2.33. The van der Waals surface area contributed by atoms with Crippen LogP contribution in [0.4, 0.5) is 17.1 Å². The highest BCUT2D eigenvalue weighted by Crippen LogP contribution is 2.38.